The molecule has 66 valence electrons. The lowest BCUT2D eigenvalue weighted by atomic mass is 10.1. The maximum absolute atomic E-state index is 5.69. The second-order valence-corrected chi connectivity index (χ2v) is 2.79. The zero-order valence-electron chi connectivity index (χ0n) is 7.37. The fourth-order valence-corrected chi connectivity index (χ4v) is 1.01. The van der Waals surface area contributed by atoms with E-state index in [4.69, 9.17) is 16.2 Å². The summed E-state index contributed by atoms with van der Waals surface area (Å²) in [6.45, 7) is 1.92. The van der Waals surface area contributed by atoms with Crippen LogP contribution in [0.25, 0.3) is 0 Å². The number of benzene rings is 1. The van der Waals surface area contributed by atoms with Gasteiger partial charge >= 0.3 is 0 Å². The molecule has 0 saturated heterocycles. The number of nitrogen functional groups attached to an aromatic ring is 1. The lowest BCUT2D eigenvalue weighted by molar-refractivity contribution is 0.416. The fraction of sp³-hybridized carbons (Fsp3) is 0.333. The number of anilines is 1. The molecule has 0 radical (unpaired) electrons. The third kappa shape index (κ3) is 1.68. The Bertz CT molecular complexity index is 271. The average Bonchev–Trinajstić information content (AvgIpc) is 2.05. The van der Waals surface area contributed by atoms with Crippen molar-refractivity contribution >= 4 is 5.69 Å². The molecule has 4 N–H and O–H groups in total. The number of rotatable bonds is 2. The summed E-state index contributed by atoms with van der Waals surface area (Å²) in [7, 11) is 1.59. The number of methoxy groups -OCH3 is 1. The lowest BCUT2D eigenvalue weighted by Gasteiger charge is -2.09. The highest BCUT2D eigenvalue weighted by atomic mass is 16.5. The maximum Gasteiger partial charge on any atom is 0.142 e. The van der Waals surface area contributed by atoms with Crippen molar-refractivity contribution in [3.8, 4) is 5.75 Å². The Hall–Kier alpha value is -1.22. The zero-order chi connectivity index (χ0) is 9.14. The van der Waals surface area contributed by atoms with E-state index < -0.39 is 0 Å². The van der Waals surface area contributed by atoms with Crippen LogP contribution in [0.3, 0.4) is 0 Å². The number of hydrogen-bond donors (Lipinski definition) is 2. The molecule has 1 aromatic rings. The van der Waals surface area contributed by atoms with Gasteiger partial charge in [-0.25, -0.2) is 0 Å². The van der Waals surface area contributed by atoms with Gasteiger partial charge in [0.05, 0.1) is 12.8 Å². The number of hydrogen-bond acceptors (Lipinski definition) is 3. The van der Waals surface area contributed by atoms with E-state index in [1.807, 2.05) is 19.1 Å². The molecule has 0 aliphatic carbocycles. The van der Waals surface area contributed by atoms with Crippen LogP contribution >= 0.6 is 0 Å². The molecule has 1 aromatic carbocycles. The minimum atomic E-state index is 0.0134. The third-order valence-electron chi connectivity index (χ3n) is 1.78. The summed E-state index contributed by atoms with van der Waals surface area (Å²) in [5, 5.41) is 0. The summed E-state index contributed by atoms with van der Waals surface area (Å²) >= 11 is 0. The van der Waals surface area contributed by atoms with Gasteiger partial charge in [-0.1, -0.05) is 6.07 Å². The molecule has 1 rings (SSSR count). The van der Waals surface area contributed by atoms with Gasteiger partial charge in [0.25, 0.3) is 0 Å². The van der Waals surface area contributed by atoms with Crippen LogP contribution in [0.15, 0.2) is 18.2 Å². The normalized spacial score (nSPS) is 12.6. The Labute approximate surface area is 72.3 Å². The fourth-order valence-electron chi connectivity index (χ4n) is 1.01. The Morgan fingerprint density at radius 3 is 2.58 bits per heavy atom. The third-order valence-corrected chi connectivity index (χ3v) is 1.78. The highest BCUT2D eigenvalue weighted by molar-refractivity contribution is 5.54. The molecule has 0 spiro atoms. The molecule has 0 aliphatic rings. The molecule has 0 saturated carbocycles. The summed E-state index contributed by atoms with van der Waals surface area (Å²) in [6.07, 6.45) is 0. The van der Waals surface area contributed by atoms with E-state index in [1.54, 1.807) is 13.2 Å². The summed E-state index contributed by atoms with van der Waals surface area (Å²) in [5.41, 5.74) is 13.0. The van der Waals surface area contributed by atoms with Gasteiger partial charge in [0.15, 0.2) is 0 Å². The maximum atomic E-state index is 5.69. The highest BCUT2D eigenvalue weighted by Gasteiger charge is 2.03. The second kappa shape index (κ2) is 3.45. The van der Waals surface area contributed by atoms with Crippen LogP contribution in [-0.4, -0.2) is 7.11 Å². The van der Waals surface area contributed by atoms with Crippen LogP contribution in [0.5, 0.6) is 5.75 Å². The number of nitrogens with two attached hydrogens (primary N) is 2. The van der Waals surface area contributed by atoms with E-state index in [-0.39, 0.29) is 6.04 Å². The molecule has 0 aromatic heterocycles. The number of ether oxygens (including phenoxy) is 1. The summed E-state index contributed by atoms with van der Waals surface area (Å²) in [6, 6.07) is 5.58. The molecule has 0 amide bonds. The molecule has 0 heterocycles. The van der Waals surface area contributed by atoms with Crippen LogP contribution < -0.4 is 16.2 Å². The Morgan fingerprint density at radius 2 is 2.08 bits per heavy atom. The molecule has 1 unspecified atom stereocenters. The summed E-state index contributed by atoms with van der Waals surface area (Å²) in [5.74, 6) is 0.685. The quantitative estimate of drug-likeness (QED) is 0.651. The largest absolute Gasteiger partial charge is 0.495 e. The van der Waals surface area contributed by atoms with E-state index >= 15 is 0 Å². The van der Waals surface area contributed by atoms with Gasteiger partial charge in [0.1, 0.15) is 5.75 Å². The van der Waals surface area contributed by atoms with Crippen molar-refractivity contribution in [1.29, 1.82) is 0 Å². The van der Waals surface area contributed by atoms with E-state index in [0.29, 0.717) is 11.4 Å². The highest BCUT2D eigenvalue weighted by Crippen LogP contribution is 2.24. The van der Waals surface area contributed by atoms with Gasteiger partial charge in [-0.05, 0) is 24.6 Å². The predicted octanol–water partition coefficient (Wildman–Crippen LogP) is 1.30. The van der Waals surface area contributed by atoms with Gasteiger partial charge in [-0.15, -0.1) is 0 Å². The molecular formula is C9H14N2O. The van der Waals surface area contributed by atoms with Gasteiger partial charge < -0.3 is 16.2 Å². The van der Waals surface area contributed by atoms with E-state index in [2.05, 4.69) is 0 Å². The van der Waals surface area contributed by atoms with Crippen LogP contribution in [-0.2, 0) is 0 Å². The van der Waals surface area contributed by atoms with Crippen molar-refractivity contribution in [2.45, 2.75) is 13.0 Å². The topological polar surface area (TPSA) is 61.3 Å². The average molecular weight is 166 g/mol. The van der Waals surface area contributed by atoms with E-state index in [0.717, 1.165) is 5.56 Å². The molecule has 1 atom stereocenters. The lowest BCUT2D eigenvalue weighted by Crippen LogP contribution is -2.05. The Balaban J connectivity index is 3.05. The molecule has 12 heavy (non-hydrogen) atoms. The standard InChI is InChI=1S/C9H14N2O/c1-6(10)7-3-4-8(11)9(5-7)12-2/h3-6H,10-11H2,1-2H3. The minimum Gasteiger partial charge on any atom is -0.495 e. The molecule has 0 aliphatic heterocycles. The summed E-state index contributed by atoms with van der Waals surface area (Å²) in [4.78, 5) is 0. The minimum absolute atomic E-state index is 0.0134. The first-order valence-corrected chi connectivity index (χ1v) is 3.84. The van der Waals surface area contributed by atoms with Crippen molar-refractivity contribution < 1.29 is 4.74 Å². The van der Waals surface area contributed by atoms with Crippen molar-refractivity contribution in [3.05, 3.63) is 23.8 Å². The zero-order valence-corrected chi connectivity index (χ0v) is 7.37. The predicted molar refractivity (Wildman–Crippen MR) is 50.0 cm³/mol. The van der Waals surface area contributed by atoms with Crippen molar-refractivity contribution in [3.63, 3.8) is 0 Å². The van der Waals surface area contributed by atoms with Crippen molar-refractivity contribution in [2.75, 3.05) is 12.8 Å². The molecule has 0 fully saturated rings. The Morgan fingerprint density at radius 1 is 1.42 bits per heavy atom. The second-order valence-electron chi connectivity index (χ2n) is 2.79. The SMILES string of the molecule is COc1cc(C(C)N)ccc1N. The monoisotopic (exact) mass is 166 g/mol. The van der Waals surface area contributed by atoms with Gasteiger partial charge in [0, 0.05) is 6.04 Å². The van der Waals surface area contributed by atoms with Crippen LogP contribution in [0.4, 0.5) is 5.69 Å². The van der Waals surface area contributed by atoms with Gasteiger partial charge in [-0.2, -0.15) is 0 Å². The van der Waals surface area contributed by atoms with E-state index in [9.17, 15) is 0 Å². The van der Waals surface area contributed by atoms with Gasteiger partial charge in [-0.3, -0.25) is 0 Å². The molecule has 3 nitrogen and oxygen atoms in total. The van der Waals surface area contributed by atoms with E-state index in [1.165, 1.54) is 0 Å². The smallest absolute Gasteiger partial charge is 0.142 e. The van der Waals surface area contributed by atoms with Gasteiger partial charge in [0.2, 0.25) is 0 Å². The molecule has 3 heteroatoms. The first kappa shape index (κ1) is 8.87. The molecule has 0 bridgehead atoms. The van der Waals surface area contributed by atoms with Crippen molar-refractivity contribution in [1.82, 2.24) is 0 Å². The van der Waals surface area contributed by atoms with Crippen LogP contribution in [0.2, 0.25) is 0 Å². The van der Waals surface area contributed by atoms with Crippen LogP contribution in [0, 0.1) is 0 Å². The first-order chi connectivity index (χ1) is 5.65. The van der Waals surface area contributed by atoms with Crippen LogP contribution in [0.1, 0.15) is 18.5 Å². The first-order valence-electron chi connectivity index (χ1n) is 3.84. The Kier molecular flexibility index (Phi) is 2.55. The van der Waals surface area contributed by atoms with Crippen molar-refractivity contribution in [2.24, 2.45) is 5.73 Å². The molecular weight excluding hydrogens is 152 g/mol. The summed E-state index contributed by atoms with van der Waals surface area (Å²) < 4.78 is 5.06.